The fourth-order valence-corrected chi connectivity index (χ4v) is 1.53. The van der Waals surface area contributed by atoms with Crippen molar-refractivity contribution in [2.24, 2.45) is 0 Å². The molecule has 1 aromatic rings. The molecular formula is C12H12BrNO. The van der Waals surface area contributed by atoms with E-state index in [0.29, 0.717) is 0 Å². The number of aryl methyl sites for hydroxylation is 1. The Morgan fingerprint density at radius 1 is 1.20 bits per heavy atom. The lowest BCUT2D eigenvalue weighted by atomic mass is 10.2. The highest BCUT2D eigenvalue weighted by molar-refractivity contribution is 5.71. The highest BCUT2D eigenvalue weighted by atomic mass is 79.9. The van der Waals surface area contributed by atoms with Crippen molar-refractivity contribution in [3.8, 4) is 0 Å². The van der Waals surface area contributed by atoms with E-state index in [1.54, 1.807) is 0 Å². The van der Waals surface area contributed by atoms with Crippen molar-refractivity contribution >= 4 is 12.0 Å². The van der Waals surface area contributed by atoms with Crippen molar-refractivity contribution in [1.29, 1.82) is 0 Å². The molecule has 3 heteroatoms. The summed E-state index contributed by atoms with van der Waals surface area (Å²) in [6.45, 7) is 2.05. The lowest BCUT2D eigenvalue weighted by molar-refractivity contribution is -0.720. The summed E-state index contributed by atoms with van der Waals surface area (Å²) in [5, 5.41) is 0. The number of halogens is 1. The van der Waals surface area contributed by atoms with Crippen LogP contribution in [0.3, 0.4) is 0 Å². The van der Waals surface area contributed by atoms with Crippen LogP contribution in [-0.2, 0) is 4.79 Å². The normalized spacial score (nSPS) is 18.2. The quantitative estimate of drug-likeness (QED) is 0.622. The standard InChI is InChI=1S/C12H11NO.BrH/c1-10-4-6-11(7-5-10)13-8-2-3-12(13)9-14;/h2-9H,1H3;1H. The van der Waals surface area contributed by atoms with Crippen molar-refractivity contribution in [2.45, 2.75) is 6.92 Å². The zero-order valence-electron chi connectivity index (χ0n) is 8.41. The topological polar surface area (TPSA) is 21.5 Å². The van der Waals surface area contributed by atoms with Gasteiger partial charge in [-0.2, -0.15) is 0 Å². The number of hydrogen-bond acceptors (Lipinski definition) is 1. The zero-order chi connectivity index (χ0) is 9.97. The molecule has 2 rings (SSSR count). The summed E-state index contributed by atoms with van der Waals surface area (Å²) >= 11 is 0. The molecule has 1 atom stereocenters. The van der Waals surface area contributed by atoms with Gasteiger partial charge in [-0.15, -0.1) is 0 Å². The third-order valence-electron chi connectivity index (χ3n) is 2.34. The van der Waals surface area contributed by atoms with Crippen LogP contribution in [0.15, 0.2) is 48.3 Å². The van der Waals surface area contributed by atoms with Gasteiger partial charge in [-0.1, -0.05) is 17.7 Å². The van der Waals surface area contributed by atoms with E-state index < -0.39 is 0 Å². The van der Waals surface area contributed by atoms with E-state index in [2.05, 4.69) is 19.1 Å². The summed E-state index contributed by atoms with van der Waals surface area (Å²) < 4.78 is 0. The number of carbonyl (C=O) groups is 1. The zero-order valence-corrected chi connectivity index (χ0v) is 9.99. The van der Waals surface area contributed by atoms with Crippen molar-refractivity contribution in [3.05, 3.63) is 53.9 Å². The van der Waals surface area contributed by atoms with Crippen LogP contribution in [0, 0.1) is 6.92 Å². The van der Waals surface area contributed by atoms with Gasteiger partial charge in [-0.05, 0) is 13.0 Å². The molecule has 0 bridgehead atoms. The SMILES string of the molecule is Cc1ccc([NH+]2C=CC=C2C=O)cc1.[Br-]. The van der Waals surface area contributed by atoms with Crippen molar-refractivity contribution in [1.82, 2.24) is 0 Å². The maximum atomic E-state index is 10.7. The molecule has 1 aromatic carbocycles. The van der Waals surface area contributed by atoms with Crippen LogP contribution < -0.4 is 21.9 Å². The first-order chi connectivity index (χ1) is 6.81. The number of rotatable bonds is 2. The highest BCUT2D eigenvalue weighted by Gasteiger charge is 2.17. The average Bonchev–Trinajstić information content (AvgIpc) is 2.67. The molecule has 0 radical (unpaired) electrons. The first-order valence-corrected chi connectivity index (χ1v) is 4.59. The predicted molar refractivity (Wildman–Crippen MR) is 55.1 cm³/mol. The molecule has 0 fully saturated rings. The van der Waals surface area contributed by atoms with Gasteiger partial charge in [0.25, 0.3) is 0 Å². The number of hydrogen-bond donors (Lipinski definition) is 1. The number of quaternary nitrogens is 1. The fourth-order valence-electron chi connectivity index (χ4n) is 1.53. The van der Waals surface area contributed by atoms with Gasteiger partial charge in [0.2, 0.25) is 6.29 Å². The third-order valence-corrected chi connectivity index (χ3v) is 2.34. The summed E-state index contributed by atoms with van der Waals surface area (Å²) in [6.07, 6.45) is 6.60. The second-order valence-corrected chi connectivity index (χ2v) is 3.38. The van der Waals surface area contributed by atoms with Crippen LogP contribution in [0.1, 0.15) is 5.56 Å². The lowest BCUT2D eigenvalue weighted by Gasteiger charge is -2.09. The maximum Gasteiger partial charge on any atom is 0.204 e. The van der Waals surface area contributed by atoms with E-state index >= 15 is 0 Å². The Morgan fingerprint density at radius 3 is 2.47 bits per heavy atom. The largest absolute Gasteiger partial charge is 1.00 e. The van der Waals surface area contributed by atoms with Crippen LogP contribution in [0.5, 0.6) is 0 Å². The molecule has 2 nitrogen and oxygen atoms in total. The van der Waals surface area contributed by atoms with Gasteiger partial charge in [-0.3, -0.25) is 4.79 Å². The first-order valence-electron chi connectivity index (χ1n) is 4.59. The van der Waals surface area contributed by atoms with Gasteiger partial charge in [-0.25, -0.2) is 4.90 Å². The van der Waals surface area contributed by atoms with E-state index in [1.807, 2.05) is 30.5 Å². The van der Waals surface area contributed by atoms with Crippen LogP contribution in [-0.4, -0.2) is 6.29 Å². The van der Waals surface area contributed by atoms with Gasteiger partial charge < -0.3 is 17.0 Å². The average molecular weight is 266 g/mol. The Morgan fingerprint density at radius 2 is 1.87 bits per heavy atom. The molecule has 1 unspecified atom stereocenters. The second-order valence-electron chi connectivity index (χ2n) is 3.38. The van der Waals surface area contributed by atoms with Crippen LogP contribution >= 0.6 is 0 Å². The van der Waals surface area contributed by atoms with Crippen molar-refractivity contribution < 1.29 is 26.7 Å². The Kier molecular flexibility index (Phi) is 4.00. The molecule has 0 saturated carbocycles. The number of benzene rings is 1. The molecular weight excluding hydrogens is 254 g/mol. The van der Waals surface area contributed by atoms with Gasteiger partial charge in [0, 0.05) is 18.2 Å². The molecule has 1 aliphatic heterocycles. The number of aldehydes is 1. The molecule has 0 saturated heterocycles. The highest BCUT2D eigenvalue weighted by Crippen LogP contribution is 2.06. The van der Waals surface area contributed by atoms with E-state index in [4.69, 9.17) is 0 Å². The molecule has 1 aliphatic rings. The van der Waals surface area contributed by atoms with E-state index in [-0.39, 0.29) is 17.0 Å². The van der Waals surface area contributed by atoms with E-state index in [9.17, 15) is 4.79 Å². The van der Waals surface area contributed by atoms with Crippen LogP contribution in [0.2, 0.25) is 0 Å². The molecule has 15 heavy (non-hydrogen) atoms. The second kappa shape index (κ2) is 5.05. The van der Waals surface area contributed by atoms with Gasteiger partial charge in [0.1, 0.15) is 11.9 Å². The van der Waals surface area contributed by atoms with E-state index in [0.717, 1.165) is 22.6 Å². The van der Waals surface area contributed by atoms with Crippen molar-refractivity contribution in [3.63, 3.8) is 0 Å². The van der Waals surface area contributed by atoms with Crippen molar-refractivity contribution in [2.75, 3.05) is 0 Å². The minimum Gasteiger partial charge on any atom is -1.00 e. The van der Waals surface area contributed by atoms with Crippen LogP contribution in [0.4, 0.5) is 5.69 Å². The summed E-state index contributed by atoms with van der Waals surface area (Å²) in [6, 6.07) is 8.18. The monoisotopic (exact) mass is 265 g/mol. The maximum absolute atomic E-state index is 10.7. The van der Waals surface area contributed by atoms with Crippen LogP contribution in [0.25, 0.3) is 0 Å². The first kappa shape index (κ1) is 11.9. The number of carbonyl (C=O) groups excluding carboxylic acids is 1. The third kappa shape index (κ3) is 2.43. The lowest BCUT2D eigenvalue weighted by Crippen LogP contribution is -3.00. The fraction of sp³-hybridized carbons (Fsp3) is 0.0833. The Labute approximate surface area is 99.7 Å². The molecule has 78 valence electrons. The Bertz CT molecular complexity index is 406. The molecule has 1 N–H and O–H groups in total. The molecule has 1 heterocycles. The minimum atomic E-state index is 0. The summed E-state index contributed by atoms with van der Waals surface area (Å²) in [5.74, 6) is 0. The van der Waals surface area contributed by atoms with E-state index in [1.165, 1.54) is 5.56 Å². The number of nitrogens with one attached hydrogen (secondary N) is 1. The summed E-state index contributed by atoms with van der Waals surface area (Å²) in [5.41, 5.74) is 3.09. The summed E-state index contributed by atoms with van der Waals surface area (Å²) in [4.78, 5) is 11.7. The Hall–Kier alpha value is -1.19. The number of allylic oxidation sites excluding steroid dienone is 3. The molecule has 0 aliphatic carbocycles. The summed E-state index contributed by atoms with van der Waals surface area (Å²) in [7, 11) is 0. The molecule has 0 aromatic heterocycles. The predicted octanol–water partition coefficient (Wildman–Crippen LogP) is -1.87. The van der Waals surface area contributed by atoms with Gasteiger partial charge >= 0.3 is 0 Å². The molecule has 0 amide bonds. The van der Waals surface area contributed by atoms with Gasteiger partial charge in [0.05, 0.1) is 0 Å². The minimum absolute atomic E-state index is 0. The molecule has 0 spiro atoms. The Balaban J connectivity index is 0.00000112. The van der Waals surface area contributed by atoms with Gasteiger partial charge in [0.15, 0.2) is 5.70 Å². The smallest absolute Gasteiger partial charge is 0.204 e.